The molecule has 6 nitrogen and oxygen atoms in total. The Hall–Kier alpha value is -5.13. The van der Waals surface area contributed by atoms with Crippen molar-refractivity contribution in [1.29, 1.82) is 0 Å². The van der Waals surface area contributed by atoms with Gasteiger partial charge in [-0.3, -0.25) is 14.4 Å². The molecule has 12 heteroatoms. The minimum absolute atomic E-state index is 0.112. The largest absolute Gasteiger partial charge is 0.481 e. The lowest BCUT2D eigenvalue weighted by molar-refractivity contribution is -0.138. The first-order valence-corrected chi connectivity index (χ1v) is 12.6. The molecule has 0 radical (unpaired) electrons. The highest BCUT2D eigenvalue weighted by Crippen LogP contribution is 2.32. The van der Waals surface area contributed by atoms with Gasteiger partial charge in [0, 0.05) is 11.1 Å². The van der Waals surface area contributed by atoms with Gasteiger partial charge in [-0.05, 0) is 70.8 Å². The molecule has 0 aliphatic carbocycles. The summed E-state index contributed by atoms with van der Waals surface area (Å²) in [5, 5.41) is 14.1. The second-order valence-corrected chi connectivity index (χ2v) is 9.40. The first kappa shape index (κ1) is 30.8. The summed E-state index contributed by atoms with van der Waals surface area (Å²) in [6, 6.07) is 20.6. The van der Waals surface area contributed by atoms with Gasteiger partial charge in [0.2, 0.25) is 0 Å². The number of halogens is 6. The fourth-order valence-electron chi connectivity index (χ4n) is 4.13. The molecular weight excluding hydrogens is 578 g/mol. The van der Waals surface area contributed by atoms with E-state index in [4.69, 9.17) is 0 Å². The number of hydrogen-bond donors (Lipinski definition) is 3. The molecule has 4 rings (SSSR count). The highest BCUT2D eigenvalue weighted by atomic mass is 19.4. The van der Waals surface area contributed by atoms with E-state index in [0.29, 0.717) is 22.3 Å². The topological polar surface area (TPSA) is 95.5 Å². The predicted molar refractivity (Wildman–Crippen MR) is 145 cm³/mol. The molecule has 0 saturated heterocycles. The molecule has 0 aromatic heterocycles. The molecule has 222 valence electrons. The van der Waals surface area contributed by atoms with Gasteiger partial charge in [0.25, 0.3) is 11.8 Å². The van der Waals surface area contributed by atoms with Crippen LogP contribution in [-0.4, -0.2) is 29.1 Å². The quantitative estimate of drug-likeness (QED) is 0.150. The summed E-state index contributed by atoms with van der Waals surface area (Å²) in [7, 11) is 0. The lowest BCUT2D eigenvalue weighted by Crippen LogP contribution is -2.49. The molecule has 43 heavy (non-hydrogen) atoms. The van der Waals surface area contributed by atoms with E-state index >= 15 is 0 Å². The number of alkyl halides is 6. The van der Waals surface area contributed by atoms with E-state index in [0.717, 1.165) is 24.3 Å². The van der Waals surface area contributed by atoms with Crippen molar-refractivity contribution in [2.75, 3.05) is 0 Å². The van der Waals surface area contributed by atoms with Crippen LogP contribution in [0.3, 0.4) is 0 Å². The third-order valence-electron chi connectivity index (χ3n) is 6.37. The maximum atomic E-state index is 12.8. The maximum absolute atomic E-state index is 12.8. The van der Waals surface area contributed by atoms with Crippen molar-refractivity contribution < 1.29 is 45.8 Å². The minimum atomic E-state index is -4.47. The summed E-state index contributed by atoms with van der Waals surface area (Å²) in [5.74, 6) is -2.72. The Kier molecular flexibility index (Phi) is 8.88. The van der Waals surface area contributed by atoms with Crippen LogP contribution in [0, 0.1) is 0 Å². The molecule has 3 N–H and O–H groups in total. The number of aliphatic carboxylic acids is 1. The molecule has 0 heterocycles. The van der Waals surface area contributed by atoms with Crippen molar-refractivity contribution >= 4 is 17.8 Å². The number of carbonyl (C=O) groups is 3. The highest BCUT2D eigenvalue weighted by molar-refractivity contribution is 5.97. The van der Waals surface area contributed by atoms with Crippen molar-refractivity contribution in [2.24, 2.45) is 0 Å². The van der Waals surface area contributed by atoms with E-state index in [-0.39, 0.29) is 11.1 Å². The Bertz CT molecular complexity index is 1480. The molecule has 0 fully saturated rings. The third kappa shape index (κ3) is 8.00. The molecule has 4 aromatic carbocycles. The van der Waals surface area contributed by atoms with Crippen LogP contribution >= 0.6 is 0 Å². The van der Waals surface area contributed by atoms with E-state index in [2.05, 4.69) is 10.6 Å². The molecule has 0 bridgehead atoms. The zero-order valence-corrected chi connectivity index (χ0v) is 22.0. The van der Waals surface area contributed by atoms with Gasteiger partial charge < -0.3 is 15.7 Å². The van der Waals surface area contributed by atoms with Gasteiger partial charge in [-0.2, -0.15) is 26.3 Å². The van der Waals surface area contributed by atoms with E-state index < -0.39 is 53.8 Å². The van der Waals surface area contributed by atoms with Crippen molar-refractivity contribution in [2.45, 2.75) is 24.9 Å². The molecular formula is C31H22F6N2O4. The van der Waals surface area contributed by atoms with Gasteiger partial charge in [0.15, 0.2) is 0 Å². The first-order valence-electron chi connectivity index (χ1n) is 12.6. The van der Waals surface area contributed by atoms with Crippen molar-refractivity contribution in [3.05, 3.63) is 119 Å². The standard InChI is InChI=1S/C31H22F6N2O4/c32-30(33,34)24-13-9-20(10-14-24)18-1-5-22(6-2-18)28(42)38-26(17-27(40)41)39-29(43)23-7-3-19(4-8-23)21-11-15-25(16-12-21)31(35,36)37/h1-16,26H,17H2,(H,38,42)(H,39,43)(H,40,41). The van der Waals surface area contributed by atoms with Crippen LogP contribution in [-0.2, 0) is 17.1 Å². The van der Waals surface area contributed by atoms with Gasteiger partial charge in [0.1, 0.15) is 6.17 Å². The van der Waals surface area contributed by atoms with Gasteiger partial charge >= 0.3 is 18.3 Å². The monoisotopic (exact) mass is 600 g/mol. The summed E-state index contributed by atoms with van der Waals surface area (Å²) < 4.78 is 76.8. The zero-order valence-electron chi connectivity index (χ0n) is 22.0. The average molecular weight is 601 g/mol. The zero-order chi connectivity index (χ0) is 31.4. The van der Waals surface area contributed by atoms with Crippen LogP contribution in [0.5, 0.6) is 0 Å². The molecule has 0 unspecified atom stereocenters. The van der Waals surface area contributed by atoms with Gasteiger partial charge in [0.05, 0.1) is 17.5 Å². The molecule has 4 aromatic rings. The molecule has 0 atom stereocenters. The SMILES string of the molecule is O=C(O)CC(NC(=O)c1ccc(-c2ccc(C(F)(F)F)cc2)cc1)NC(=O)c1ccc(-c2ccc(C(F)(F)F)cc2)cc1. The summed E-state index contributed by atoms with van der Waals surface area (Å²) in [6.07, 6.45) is -10.9. The average Bonchev–Trinajstić information content (AvgIpc) is 2.96. The van der Waals surface area contributed by atoms with Gasteiger partial charge in [-0.1, -0.05) is 48.5 Å². The second-order valence-electron chi connectivity index (χ2n) is 9.40. The van der Waals surface area contributed by atoms with Gasteiger partial charge in [-0.25, -0.2) is 0 Å². The number of hydrogen-bond acceptors (Lipinski definition) is 3. The van der Waals surface area contributed by atoms with E-state index in [9.17, 15) is 45.8 Å². The molecule has 0 spiro atoms. The summed E-state index contributed by atoms with van der Waals surface area (Å²) in [6.45, 7) is 0. The van der Waals surface area contributed by atoms with Crippen LogP contribution < -0.4 is 10.6 Å². The summed E-state index contributed by atoms with van der Waals surface area (Å²) in [5.41, 5.74) is 0.687. The van der Waals surface area contributed by atoms with Crippen molar-refractivity contribution in [1.82, 2.24) is 10.6 Å². The van der Waals surface area contributed by atoms with Crippen LogP contribution in [0.4, 0.5) is 26.3 Å². The van der Waals surface area contributed by atoms with E-state index in [1.807, 2.05) is 0 Å². The molecule has 0 aliphatic rings. The number of amides is 2. The third-order valence-corrected chi connectivity index (χ3v) is 6.37. The summed E-state index contributed by atoms with van der Waals surface area (Å²) in [4.78, 5) is 37.0. The lowest BCUT2D eigenvalue weighted by atomic mass is 10.0. The van der Waals surface area contributed by atoms with Crippen LogP contribution in [0.25, 0.3) is 22.3 Å². The Morgan fingerprint density at radius 3 is 1.07 bits per heavy atom. The predicted octanol–water partition coefficient (Wildman–Crippen LogP) is 7.02. The Balaban J connectivity index is 1.41. The van der Waals surface area contributed by atoms with E-state index in [1.165, 1.54) is 72.8 Å². The summed E-state index contributed by atoms with van der Waals surface area (Å²) >= 11 is 0. The fraction of sp³-hybridized carbons (Fsp3) is 0.129. The Morgan fingerprint density at radius 2 is 0.814 bits per heavy atom. The van der Waals surface area contributed by atoms with Crippen LogP contribution in [0.1, 0.15) is 38.3 Å². The molecule has 0 aliphatic heterocycles. The van der Waals surface area contributed by atoms with Gasteiger partial charge in [-0.15, -0.1) is 0 Å². The second kappa shape index (κ2) is 12.4. The normalized spacial score (nSPS) is 11.7. The molecule has 2 amide bonds. The molecule has 0 saturated carbocycles. The Labute approximate surface area is 241 Å². The lowest BCUT2D eigenvalue weighted by Gasteiger charge is -2.19. The van der Waals surface area contributed by atoms with Crippen molar-refractivity contribution in [3.8, 4) is 22.3 Å². The number of nitrogens with one attached hydrogen (secondary N) is 2. The Morgan fingerprint density at radius 1 is 0.535 bits per heavy atom. The maximum Gasteiger partial charge on any atom is 0.416 e. The first-order chi connectivity index (χ1) is 20.2. The number of benzene rings is 4. The number of carboxylic acids is 1. The van der Waals surface area contributed by atoms with Crippen LogP contribution in [0.15, 0.2) is 97.1 Å². The van der Waals surface area contributed by atoms with Crippen molar-refractivity contribution in [3.63, 3.8) is 0 Å². The smallest absolute Gasteiger partial charge is 0.416 e. The van der Waals surface area contributed by atoms with Crippen LogP contribution in [0.2, 0.25) is 0 Å². The number of carbonyl (C=O) groups excluding carboxylic acids is 2. The van der Waals surface area contributed by atoms with E-state index in [1.54, 1.807) is 0 Å². The number of carboxylic acid groups (broad SMARTS) is 1. The number of rotatable bonds is 8. The fourth-order valence-corrected chi connectivity index (χ4v) is 4.13. The highest BCUT2D eigenvalue weighted by Gasteiger charge is 2.31. The minimum Gasteiger partial charge on any atom is -0.481 e.